The van der Waals surface area contributed by atoms with Gasteiger partial charge in [-0.05, 0) is 53.6 Å². The first-order valence-corrected chi connectivity index (χ1v) is 14.6. The summed E-state index contributed by atoms with van der Waals surface area (Å²) in [7, 11) is 0. The van der Waals surface area contributed by atoms with Gasteiger partial charge in [0.15, 0.2) is 11.0 Å². The Hall–Kier alpha value is -3.00. The molecule has 2 N–H and O–H groups in total. The monoisotopic (exact) mass is 581 g/mol. The first-order valence-electron chi connectivity index (χ1n) is 12.9. The third-order valence-electron chi connectivity index (χ3n) is 6.32. The Labute approximate surface area is 244 Å². The smallest absolute Gasteiger partial charge is 0.319 e. The molecule has 39 heavy (non-hydrogen) atoms. The highest BCUT2D eigenvalue weighted by Crippen LogP contribution is 2.33. The van der Waals surface area contributed by atoms with Crippen LogP contribution in [-0.2, 0) is 12.3 Å². The van der Waals surface area contributed by atoms with Gasteiger partial charge >= 0.3 is 6.03 Å². The Morgan fingerprint density at radius 3 is 2.28 bits per heavy atom. The van der Waals surface area contributed by atoms with E-state index in [1.165, 1.54) is 11.1 Å². The minimum absolute atomic E-state index is 0.156. The van der Waals surface area contributed by atoms with E-state index in [0.717, 1.165) is 16.8 Å². The number of hydrogen-bond donors (Lipinski definition) is 2. The number of aromatic nitrogens is 3. The van der Waals surface area contributed by atoms with Crippen LogP contribution in [0.15, 0.2) is 65.8 Å². The van der Waals surface area contributed by atoms with E-state index in [4.69, 9.17) is 23.2 Å². The fourth-order valence-electron chi connectivity index (χ4n) is 4.38. The highest BCUT2D eigenvalue weighted by atomic mass is 35.5. The van der Waals surface area contributed by atoms with Crippen LogP contribution in [0.4, 0.5) is 10.5 Å². The maximum absolute atomic E-state index is 13.1. The molecule has 0 aliphatic heterocycles. The second-order valence-corrected chi connectivity index (χ2v) is 11.8. The van der Waals surface area contributed by atoms with Crippen molar-refractivity contribution in [1.82, 2.24) is 20.1 Å². The molecule has 9 heteroatoms. The van der Waals surface area contributed by atoms with E-state index >= 15 is 0 Å². The predicted molar refractivity (Wildman–Crippen MR) is 163 cm³/mol. The topological polar surface area (TPSA) is 71.8 Å². The van der Waals surface area contributed by atoms with E-state index in [9.17, 15) is 4.79 Å². The second-order valence-electron chi connectivity index (χ2n) is 10.0. The molecule has 0 fully saturated rings. The largest absolute Gasteiger partial charge is 0.331 e. The predicted octanol–water partition coefficient (Wildman–Crippen LogP) is 8.74. The number of carbonyl (C=O) groups is 1. The normalized spacial score (nSPS) is 11.3. The van der Waals surface area contributed by atoms with Gasteiger partial charge in [-0.2, -0.15) is 0 Å². The molecule has 0 radical (unpaired) electrons. The summed E-state index contributed by atoms with van der Waals surface area (Å²) in [5, 5.41) is 16.6. The molecule has 0 saturated carbocycles. The number of thioether (sulfide) groups is 1. The zero-order valence-corrected chi connectivity index (χ0v) is 25.1. The summed E-state index contributed by atoms with van der Waals surface area (Å²) in [5.74, 6) is 1.80. The Bertz CT molecular complexity index is 1440. The van der Waals surface area contributed by atoms with Gasteiger partial charge in [0.25, 0.3) is 0 Å². The molecule has 0 aliphatic carbocycles. The van der Waals surface area contributed by atoms with E-state index in [-0.39, 0.29) is 24.4 Å². The number of nitrogens with zero attached hydrogens (tertiary/aromatic N) is 3. The molecule has 0 spiro atoms. The van der Waals surface area contributed by atoms with Gasteiger partial charge in [0.1, 0.15) is 0 Å². The number of hydrogen-bond acceptors (Lipinski definition) is 4. The Balaban J connectivity index is 1.58. The molecular weight excluding hydrogens is 549 g/mol. The van der Waals surface area contributed by atoms with Gasteiger partial charge in [0.2, 0.25) is 0 Å². The highest BCUT2D eigenvalue weighted by molar-refractivity contribution is 7.98. The SMILES string of the molecule is Cc1cccc(CSc2nnc(CNC(=O)Nc3c(C(C)C)cccc3C(C)C)n2-c2ccc(Cl)cc2Cl)c1. The molecule has 2 amide bonds. The summed E-state index contributed by atoms with van der Waals surface area (Å²) in [5.41, 5.74) is 6.13. The molecule has 4 aromatic rings. The first-order chi connectivity index (χ1) is 18.6. The van der Waals surface area contributed by atoms with Crippen molar-refractivity contribution in [3.05, 3.63) is 98.8 Å². The van der Waals surface area contributed by atoms with Crippen LogP contribution in [0.1, 0.15) is 67.6 Å². The van der Waals surface area contributed by atoms with Gasteiger partial charge < -0.3 is 10.6 Å². The highest BCUT2D eigenvalue weighted by Gasteiger charge is 2.20. The van der Waals surface area contributed by atoms with Crippen molar-refractivity contribution in [3.8, 4) is 5.69 Å². The lowest BCUT2D eigenvalue weighted by Gasteiger charge is -2.20. The number of para-hydroxylation sites is 1. The molecule has 3 aromatic carbocycles. The lowest BCUT2D eigenvalue weighted by molar-refractivity contribution is 0.251. The number of nitrogens with one attached hydrogen (secondary N) is 2. The molecule has 0 aliphatic rings. The average Bonchev–Trinajstić information content (AvgIpc) is 3.28. The number of benzene rings is 3. The van der Waals surface area contributed by atoms with Crippen molar-refractivity contribution in [2.75, 3.05) is 5.32 Å². The lowest BCUT2D eigenvalue weighted by Crippen LogP contribution is -2.30. The lowest BCUT2D eigenvalue weighted by atomic mass is 9.93. The molecule has 1 aromatic heterocycles. The molecule has 6 nitrogen and oxygen atoms in total. The quantitative estimate of drug-likeness (QED) is 0.194. The van der Waals surface area contributed by atoms with Crippen LogP contribution in [0, 0.1) is 6.92 Å². The number of urea groups is 1. The summed E-state index contributed by atoms with van der Waals surface area (Å²) in [6.07, 6.45) is 0. The van der Waals surface area contributed by atoms with E-state index in [1.54, 1.807) is 23.9 Å². The minimum Gasteiger partial charge on any atom is -0.331 e. The van der Waals surface area contributed by atoms with Gasteiger partial charge in [0.05, 0.1) is 17.3 Å². The van der Waals surface area contributed by atoms with E-state index in [2.05, 4.69) is 85.8 Å². The standard InChI is InChI=1S/C30H33Cl2N5OS/c1-18(2)23-10-7-11-24(19(3)4)28(23)34-29(38)33-16-27-35-36-30(39-17-21-9-6-8-20(5)14-21)37(27)26-13-12-22(31)15-25(26)32/h6-15,18-19H,16-17H2,1-5H3,(H2,33,34,38). The van der Waals surface area contributed by atoms with Crippen molar-refractivity contribution >= 4 is 46.7 Å². The zero-order chi connectivity index (χ0) is 28.1. The number of rotatable bonds is 9. The van der Waals surface area contributed by atoms with Crippen LogP contribution in [-0.4, -0.2) is 20.8 Å². The van der Waals surface area contributed by atoms with Crippen LogP contribution >= 0.6 is 35.0 Å². The number of halogens is 2. The molecule has 1 heterocycles. The number of anilines is 1. The molecule has 204 valence electrons. The van der Waals surface area contributed by atoms with Crippen LogP contribution in [0.3, 0.4) is 0 Å². The maximum Gasteiger partial charge on any atom is 0.319 e. The Morgan fingerprint density at radius 2 is 1.64 bits per heavy atom. The summed E-state index contributed by atoms with van der Waals surface area (Å²) in [4.78, 5) is 13.1. The third kappa shape index (κ3) is 7.15. The fraction of sp³-hybridized carbons (Fsp3) is 0.300. The summed E-state index contributed by atoms with van der Waals surface area (Å²) in [6.45, 7) is 10.7. The third-order valence-corrected chi connectivity index (χ3v) is 7.86. The van der Waals surface area contributed by atoms with Crippen LogP contribution < -0.4 is 10.6 Å². The fourth-order valence-corrected chi connectivity index (χ4v) is 5.77. The van der Waals surface area contributed by atoms with Crippen LogP contribution in [0.5, 0.6) is 0 Å². The number of carbonyl (C=O) groups excluding carboxylic acids is 1. The van der Waals surface area contributed by atoms with E-state index < -0.39 is 0 Å². The molecule has 4 rings (SSSR count). The second kappa shape index (κ2) is 12.9. The Morgan fingerprint density at radius 1 is 0.949 bits per heavy atom. The van der Waals surface area contributed by atoms with Crippen molar-refractivity contribution < 1.29 is 4.79 Å². The number of aryl methyl sites for hydroxylation is 1. The first kappa shape index (κ1) is 29.0. The van der Waals surface area contributed by atoms with Crippen molar-refractivity contribution in [2.24, 2.45) is 0 Å². The van der Waals surface area contributed by atoms with E-state index in [0.29, 0.717) is 32.5 Å². The van der Waals surface area contributed by atoms with Crippen molar-refractivity contribution in [2.45, 2.75) is 63.9 Å². The summed E-state index contributed by atoms with van der Waals surface area (Å²) in [6, 6.07) is 19.5. The molecule has 0 unspecified atom stereocenters. The maximum atomic E-state index is 13.1. The van der Waals surface area contributed by atoms with Crippen molar-refractivity contribution in [1.29, 1.82) is 0 Å². The van der Waals surface area contributed by atoms with Crippen LogP contribution in [0.2, 0.25) is 10.0 Å². The molecule has 0 bridgehead atoms. The van der Waals surface area contributed by atoms with Gasteiger partial charge in [-0.1, -0.05) is 111 Å². The number of amides is 2. The van der Waals surface area contributed by atoms with Gasteiger partial charge in [-0.25, -0.2) is 4.79 Å². The van der Waals surface area contributed by atoms with Gasteiger partial charge in [0, 0.05) is 16.5 Å². The summed E-state index contributed by atoms with van der Waals surface area (Å²) >= 11 is 14.3. The van der Waals surface area contributed by atoms with Gasteiger partial charge in [-0.3, -0.25) is 4.57 Å². The van der Waals surface area contributed by atoms with E-state index in [1.807, 2.05) is 22.8 Å². The van der Waals surface area contributed by atoms with Gasteiger partial charge in [-0.15, -0.1) is 10.2 Å². The Kier molecular flexibility index (Phi) is 9.59. The minimum atomic E-state index is -0.310. The molecule has 0 atom stereocenters. The van der Waals surface area contributed by atoms with Crippen LogP contribution in [0.25, 0.3) is 5.69 Å². The average molecular weight is 583 g/mol. The summed E-state index contributed by atoms with van der Waals surface area (Å²) < 4.78 is 1.88. The molecular formula is C30H33Cl2N5OS. The molecule has 0 saturated heterocycles. The zero-order valence-electron chi connectivity index (χ0n) is 22.8. The van der Waals surface area contributed by atoms with Crippen molar-refractivity contribution in [3.63, 3.8) is 0 Å².